The molecule has 0 radical (unpaired) electrons. The highest BCUT2D eigenvalue weighted by atomic mass is 79.9. The molecule has 1 aromatic carbocycles. The molecule has 1 heterocycles. The van der Waals surface area contributed by atoms with E-state index in [1.165, 1.54) is 30.6 Å². The van der Waals surface area contributed by atoms with Crippen molar-refractivity contribution in [2.75, 3.05) is 0 Å². The lowest BCUT2D eigenvalue weighted by Crippen LogP contribution is -1.90. The monoisotopic (exact) mass is 292 g/mol. The van der Waals surface area contributed by atoms with Gasteiger partial charge < -0.3 is 4.74 Å². The lowest BCUT2D eigenvalue weighted by atomic mass is 10.2. The second-order valence-corrected chi connectivity index (χ2v) is 4.01. The van der Waals surface area contributed by atoms with Gasteiger partial charge in [-0.25, -0.2) is 4.39 Å². The summed E-state index contributed by atoms with van der Waals surface area (Å²) in [5.74, 6) is 0.397. The summed E-state index contributed by atoms with van der Waals surface area (Å²) in [6.45, 7) is 0. The lowest BCUT2D eigenvalue weighted by Gasteiger charge is -2.08. The van der Waals surface area contributed by atoms with E-state index >= 15 is 0 Å². The Hall–Kier alpha value is -1.93. The normalized spacial score (nSPS) is 9.71. The number of hydrogen-bond donors (Lipinski definition) is 0. The molecule has 0 saturated heterocycles. The van der Waals surface area contributed by atoms with Crippen molar-refractivity contribution < 1.29 is 9.13 Å². The van der Waals surface area contributed by atoms with Crippen LogP contribution in [0.2, 0.25) is 0 Å². The first kappa shape index (κ1) is 11.6. The highest BCUT2D eigenvalue weighted by Crippen LogP contribution is 2.31. The van der Waals surface area contributed by atoms with E-state index in [4.69, 9.17) is 10.00 Å². The van der Waals surface area contributed by atoms with E-state index in [1.807, 2.05) is 6.07 Å². The molecule has 0 saturated carbocycles. The standard InChI is InChI=1S/C12H6BrFN2O/c13-10-5-9(14)1-2-11(10)17-12-7-16-4-3-8(12)6-15/h1-5,7H. The maximum absolute atomic E-state index is 12.9. The summed E-state index contributed by atoms with van der Waals surface area (Å²) in [4.78, 5) is 3.87. The van der Waals surface area contributed by atoms with Crippen molar-refractivity contribution in [1.82, 2.24) is 4.98 Å². The van der Waals surface area contributed by atoms with Gasteiger partial charge in [0.25, 0.3) is 0 Å². The molecule has 0 aliphatic rings. The van der Waals surface area contributed by atoms with Gasteiger partial charge >= 0.3 is 0 Å². The number of pyridine rings is 1. The van der Waals surface area contributed by atoms with Crippen molar-refractivity contribution in [2.45, 2.75) is 0 Å². The summed E-state index contributed by atoms with van der Waals surface area (Å²) in [6.07, 6.45) is 2.94. The molecular weight excluding hydrogens is 287 g/mol. The first-order valence-electron chi connectivity index (χ1n) is 4.67. The van der Waals surface area contributed by atoms with Gasteiger partial charge in [0.05, 0.1) is 16.2 Å². The average Bonchev–Trinajstić information content (AvgIpc) is 2.33. The van der Waals surface area contributed by atoms with E-state index in [9.17, 15) is 4.39 Å². The van der Waals surface area contributed by atoms with Gasteiger partial charge in [-0.3, -0.25) is 4.98 Å². The highest BCUT2D eigenvalue weighted by Gasteiger charge is 2.07. The van der Waals surface area contributed by atoms with Crippen LogP contribution in [-0.2, 0) is 0 Å². The Bertz CT molecular complexity index is 595. The number of benzene rings is 1. The van der Waals surface area contributed by atoms with Crippen molar-refractivity contribution >= 4 is 15.9 Å². The number of aromatic nitrogens is 1. The maximum Gasteiger partial charge on any atom is 0.163 e. The van der Waals surface area contributed by atoms with E-state index in [-0.39, 0.29) is 5.82 Å². The van der Waals surface area contributed by atoms with E-state index < -0.39 is 0 Å². The van der Waals surface area contributed by atoms with Crippen LogP contribution in [-0.4, -0.2) is 4.98 Å². The third-order valence-electron chi connectivity index (χ3n) is 2.02. The SMILES string of the molecule is N#Cc1ccncc1Oc1ccc(F)cc1Br. The van der Waals surface area contributed by atoms with E-state index in [2.05, 4.69) is 20.9 Å². The zero-order valence-electron chi connectivity index (χ0n) is 8.52. The number of halogens is 2. The molecule has 2 aromatic rings. The van der Waals surface area contributed by atoms with Gasteiger partial charge in [0.1, 0.15) is 17.6 Å². The number of hydrogen-bond acceptors (Lipinski definition) is 3. The van der Waals surface area contributed by atoms with Crippen LogP contribution in [0.4, 0.5) is 4.39 Å². The summed E-state index contributed by atoms with van der Waals surface area (Å²) in [6, 6.07) is 7.59. The van der Waals surface area contributed by atoms with E-state index in [1.54, 1.807) is 6.07 Å². The van der Waals surface area contributed by atoms with Crippen molar-refractivity contribution in [1.29, 1.82) is 5.26 Å². The lowest BCUT2D eigenvalue weighted by molar-refractivity contribution is 0.473. The Morgan fingerprint density at radius 2 is 2.12 bits per heavy atom. The summed E-state index contributed by atoms with van der Waals surface area (Å²) in [7, 11) is 0. The molecule has 0 atom stereocenters. The number of nitriles is 1. The van der Waals surface area contributed by atoms with Crippen LogP contribution in [0.1, 0.15) is 5.56 Å². The fourth-order valence-corrected chi connectivity index (χ4v) is 1.66. The van der Waals surface area contributed by atoms with Gasteiger partial charge in [0.2, 0.25) is 0 Å². The summed E-state index contributed by atoms with van der Waals surface area (Å²) < 4.78 is 18.8. The van der Waals surface area contributed by atoms with E-state index in [0.717, 1.165) is 0 Å². The molecule has 0 spiro atoms. The number of ether oxygens (including phenoxy) is 1. The molecule has 0 N–H and O–H groups in total. The molecule has 0 aliphatic carbocycles. The molecule has 0 fully saturated rings. The molecule has 3 nitrogen and oxygen atoms in total. The number of rotatable bonds is 2. The molecule has 84 valence electrons. The highest BCUT2D eigenvalue weighted by molar-refractivity contribution is 9.10. The summed E-state index contributed by atoms with van der Waals surface area (Å²) in [5.41, 5.74) is 0.372. The molecule has 5 heteroatoms. The minimum Gasteiger partial charge on any atom is -0.453 e. The fourth-order valence-electron chi connectivity index (χ4n) is 1.23. The van der Waals surface area contributed by atoms with Crippen molar-refractivity contribution in [3.8, 4) is 17.6 Å². The van der Waals surface area contributed by atoms with Crippen LogP contribution in [0.5, 0.6) is 11.5 Å². The topological polar surface area (TPSA) is 45.9 Å². The smallest absolute Gasteiger partial charge is 0.163 e. The maximum atomic E-state index is 12.9. The molecule has 0 aliphatic heterocycles. The molecular formula is C12H6BrFN2O. The summed E-state index contributed by atoms with van der Waals surface area (Å²) >= 11 is 3.18. The second kappa shape index (κ2) is 4.93. The molecule has 0 amide bonds. The van der Waals surface area contributed by atoms with Crippen LogP contribution < -0.4 is 4.74 Å². The Balaban J connectivity index is 2.35. The summed E-state index contributed by atoms with van der Waals surface area (Å²) in [5, 5.41) is 8.88. The Morgan fingerprint density at radius 1 is 1.29 bits per heavy atom. The van der Waals surface area contributed by atoms with Crippen LogP contribution in [0.3, 0.4) is 0 Å². The van der Waals surface area contributed by atoms with E-state index in [0.29, 0.717) is 21.5 Å². The zero-order valence-corrected chi connectivity index (χ0v) is 10.1. The minimum absolute atomic E-state index is 0.335. The van der Waals surface area contributed by atoms with Crippen molar-refractivity contribution in [3.63, 3.8) is 0 Å². The van der Waals surface area contributed by atoms with Crippen molar-refractivity contribution in [3.05, 3.63) is 52.5 Å². The van der Waals surface area contributed by atoms with Gasteiger partial charge in [-0.1, -0.05) is 0 Å². The molecule has 0 bridgehead atoms. The van der Waals surface area contributed by atoms with Crippen LogP contribution >= 0.6 is 15.9 Å². The van der Waals surface area contributed by atoms with Gasteiger partial charge in [0.15, 0.2) is 5.75 Å². The number of nitrogens with zero attached hydrogens (tertiary/aromatic N) is 2. The van der Waals surface area contributed by atoms with Crippen molar-refractivity contribution in [2.24, 2.45) is 0 Å². The minimum atomic E-state index is -0.365. The first-order chi connectivity index (χ1) is 8.20. The van der Waals surface area contributed by atoms with Gasteiger partial charge in [-0.15, -0.1) is 0 Å². The molecule has 2 rings (SSSR count). The predicted molar refractivity (Wildman–Crippen MR) is 63.1 cm³/mol. The van der Waals surface area contributed by atoms with Crippen LogP contribution in [0, 0.1) is 17.1 Å². The molecule has 17 heavy (non-hydrogen) atoms. The molecule has 1 aromatic heterocycles. The Morgan fingerprint density at radius 3 is 2.82 bits per heavy atom. The largest absolute Gasteiger partial charge is 0.453 e. The van der Waals surface area contributed by atoms with Gasteiger partial charge in [-0.05, 0) is 40.2 Å². The van der Waals surface area contributed by atoms with Crippen LogP contribution in [0.25, 0.3) is 0 Å². The third-order valence-corrected chi connectivity index (χ3v) is 2.64. The second-order valence-electron chi connectivity index (χ2n) is 3.16. The first-order valence-corrected chi connectivity index (χ1v) is 5.47. The Kier molecular flexibility index (Phi) is 3.35. The average molecular weight is 293 g/mol. The van der Waals surface area contributed by atoms with Gasteiger partial charge in [0, 0.05) is 6.20 Å². The molecule has 0 unspecified atom stereocenters. The zero-order chi connectivity index (χ0) is 12.3. The van der Waals surface area contributed by atoms with Crippen LogP contribution in [0.15, 0.2) is 41.1 Å². The predicted octanol–water partition coefficient (Wildman–Crippen LogP) is 3.65. The fraction of sp³-hybridized carbons (Fsp3) is 0. The Labute approximate surface area is 106 Å². The quantitative estimate of drug-likeness (QED) is 0.849. The third kappa shape index (κ3) is 2.60. The van der Waals surface area contributed by atoms with Gasteiger partial charge in [-0.2, -0.15) is 5.26 Å².